The number of rotatable bonds is 6. The summed E-state index contributed by atoms with van der Waals surface area (Å²) >= 11 is 5.27. The van der Waals surface area contributed by atoms with Crippen LogP contribution in [0.1, 0.15) is 15.9 Å². The first-order chi connectivity index (χ1) is 14.0. The number of benzene rings is 3. The third-order valence-corrected chi connectivity index (χ3v) is 4.37. The van der Waals surface area contributed by atoms with Gasteiger partial charge in [0.1, 0.15) is 11.6 Å². The molecular formula is C22H19F2N3OS. The van der Waals surface area contributed by atoms with Crippen LogP contribution in [0.3, 0.4) is 0 Å². The molecule has 7 heteroatoms. The topological polar surface area (TPSA) is 53.2 Å². The van der Waals surface area contributed by atoms with Crippen molar-refractivity contribution in [2.24, 2.45) is 0 Å². The molecule has 0 aliphatic carbocycles. The monoisotopic (exact) mass is 411 g/mol. The molecule has 0 fully saturated rings. The number of thiocarbonyl (C=S) groups is 1. The minimum atomic E-state index is -0.390. The van der Waals surface area contributed by atoms with Crippen molar-refractivity contribution >= 4 is 34.6 Å². The molecule has 0 aliphatic rings. The molecule has 0 radical (unpaired) electrons. The fourth-order valence-corrected chi connectivity index (χ4v) is 2.81. The quantitative estimate of drug-likeness (QED) is 0.513. The zero-order chi connectivity index (χ0) is 20.6. The van der Waals surface area contributed by atoms with Gasteiger partial charge < -0.3 is 16.0 Å². The molecule has 0 bridgehead atoms. The summed E-state index contributed by atoms with van der Waals surface area (Å²) in [6.45, 7) is 0.614. The van der Waals surface area contributed by atoms with E-state index in [2.05, 4.69) is 16.0 Å². The van der Waals surface area contributed by atoms with E-state index >= 15 is 0 Å². The molecule has 0 unspecified atom stereocenters. The van der Waals surface area contributed by atoms with Gasteiger partial charge >= 0.3 is 0 Å². The van der Waals surface area contributed by atoms with Gasteiger partial charge in [0, 0.05) is 23.5 Å². The molecule has 4 nitrogen and oxygen atoms in total. The standard InChI is InChI=1S/C22H19F2N3OS/c23-17-5-1-15(2-6-17)13-14-25-22(29)27-20-11-9-19(10-12-20)26-21(28)16-3-7-18(24)8-4-16/h1-12H,13-14H2,(H,26,28)(H2,25,27,29). The molecular weight excluding hydrogens is 392 g/mol. The van der Waals surface area contributed by atoms with Gasteiger partial charge in [-0.3, -0.25) is 4.79 Å². The summed E-state index contributed by atoms with van der Waals surface area (Å²) in [4.78, 5) is 12.1. The summed E-state index contributed by atoms with van der Waals surface area (Å²) in [6.07, 6.45) is 0.719. The highest BCUT2D eigenvalue weighted by Gasteiger charge is 2.06. The Morgan fingerprint density at radius 2 is 1.28 bits per heavy atom. The average Bonchev–Trinajstić information content (AvgIpc) is 2.71. The van der Waals surface area contributed by atoms with Gasteiger partial charge in [0.25, 0.3) is 5.91 Å². The van der Waals surface area contributed by atoms with Crippen LogP contribution in [0.2, 0.25) is 0 Å². The van der Waals surface area contributed by atoms with Crippen LogP contribution in [-0.4, -0.2) is 17.6 Å². The molecule has 29 heavy (non-hydrogen) atoms. The minimum absolute atomic E-state index is 0.254. The summed E-state index contributed by atoms with van der Waals surface area (Å²) in [6, 6.07) is 18.7. The lowest BCUT2D eigenvalue weighted by Gasteiger charge is -2.11. The molecule has 0 spiro atoms. The number of hydrogen-bond acceptors (Lipinski definition) is 2. The van der Waals surface area contributed by atoms with Crippen LogP contribution in [-0.2, 0) is 6.42 Å². The molecule has 0 saturated carbocycles. The van der Waals surface area contributed by atoms with Crippen molar-refractivity contribution in [3.8, 4) is 0 Å². The molecule has 0 aliphatic heterocycles. The van der Waals surface area contributed by atoms with Gasteiger partial charge in [-0.05, 0) is 84.9 Å². The second-order valence-corrected chi connectivity index (χ2v) is 6.70. The lowest BCUT2D eigenvalue weighted by Crippen LogP contribution is -2.30. The van der Waals surface area contributed by atoms with E-state index in [1.165, 1.54) is 36.4 Å². The summed E-state index contributed by atoms with van der Waals surface area (Å²) in [5.74, 6) is -0.959. The van der Waals surface area contributed by atoms with Gasteiger partial charge in [-0.2, -0.15) is 0 Å². The van der Waals surface area contributed by atoms with E-state index in [1.807, 2.05) is 0 Å². The summed E-state index contributed by atoms with van der Waals surface area (Å²) in [5.41, 5.74) is 2.77. The maximum atomic E-state index is 12.9. The number of carbonyl (C=O) groups is 1. The third-order valence-electron chi connectivity index (χ3n) is 4.12. The fourth-order valence-electron chi connectivity index (χ4n) is 2.59. The normalized spacial score (nSPS) is 10.3. The minimum Gasteiger partial charge on any atom is -0.362 e. The van der Waals surface area contributed by atoms with Gasteiger partial charge in [-0.25, -0.2) is 8.78 Å². The Morgan fingerprint density at radius 1 is 0.759 bits per heavy atom. The van der Waals surface area contributed by atoms with Crippen LogP contribution in [0.25, 0.3) is 0 Å². The fraction of sp³-hybridized carbons (Fsp3) is 0.0909. The Kier molecular flexibility index (Phi) is 6.86. The van der Waals surface area contributed by atoms with E-state index in [9.17, 15) is 13.6 Å². The lowest BCUT2D eigenvalue weighted by atomic mass is 10.1. The Hall–Kier alpha value is -3.32. The Morgan fingerprint density at radius 3 is 1.86 bits per heavy atom. The molecule has 0 heterocycles. The van der Waals surface area contributed by atoms with E-state index in [4.69, 9.17) is 12.2 Å². The zero-order valence-corrected chi connectivity index (χ0v) is 16.2. The largest absolute Gasteiger partial charge is 0.362 e. The van der Waals surface area contributed by atoms with E-state index in [1.54, 1.807) is 36.4 Å². The van der Waals surface area contributed by atoms with E-state index < -0.39 is 0 Å². The van der Waals surface area contributed by atoms with Gasteiger partial charge in [0.05, 0.1) is 0 Å². The maximum Gasteiger partial charge on any atom is 0.255 e. The van der Waals surface area contributed by atoms with Crippen molar-refractivity contribution in [1.82, 2.24) is 5.32 Å². The molecule has 0 saturated heterocycles. The van der Waals surface area contributed by atoms with Crippen LogP contribution in [0, 0.1) is 11.6 Å². The second kappa shape index (κ2) is 9.75. The van der Waals surface area contributed by atoms with Crippen LogP contribution in [0.4, 0.5) is 20.2 Å². The number of nitrogens with one attached hydrogen (secondary N) is 3. The maximum absolute atomic E-state index is 12.9. The molecule has 3 N–H and O–H groups in total. The molecule has 0 aromatic heterocycles. The first kappa shape index (κ1) is 20.4. The first-order valence-corrected chi connectivity index (χ1v) is 9.37. The van der Waals surface area contributed by atoms with Gasteiger partial charge in [-0.15, -0.1) is 0 Å². The van der Waals surface area contributed by atoms with Crippen molar-refractivity contribution in [3.05, 3.63) is 95.6 Å². The van der Waals surface area contributed by atoms with E-state index in [0.29, 0.717) is 22.9 Å². The molecule has 148 valence electrons. The van der Waals surface area contributed by atoms with Gasteiger partial charge in [0.2, 0.25) is 0 Å². The molecule has 1 amide bonds. The molecule has 0 atom stereocenters. The van der Waals surface area contributed by atoms with Crippen molar-refractivity contribution in [1.29, 1.82) is 0 Å². The van der Waals surface area contributed by atoms with Crippen LogP contribution in [0.5, 0.6) is 0 Å². The Labute approximate surface area is 173 Å². The second-order valence-electron chi connectivity index (χ2n) is 6.30. The van der Waals surface area contributed by atoms with Crippen molar-refractivity contribution in [2.75, 3.05) is 17.2 Å². The van der Waals surface area contributed by atoms with Crippen molar-refractivity contribution in [2.45, 2.75) is 6.42 Å². The highest BCUT2D eigenvalue weighted by atomic mass is 32.1. The number of anilines is 2. The lowest BCUT2D eigenvalue weighted by molar-refractivity contribution is 0.102. The van der Waals surface area contributed by atoms with Gasteiger partial charge in [0.15, 0.2) is 5.11 Å². The SMILES string of the molecule is O=C(Nc1ccc(NC(=S)NCCc2ccc(F)cc2)cc1)c1ccc(F)cc1. The molecule has 3 aromatic carbocycles. The summed E-state index contributed by atoms with van der Waals surface area (Å²) < 4.78 is 25.8. The van der Waals surface area contributed by atoms with Crippen LogP contribution >= 0.6 is 12.2 Å². The first-order valence-electron chi connectivity index (χ1n) is 8.96. The Bertz CT molecular complexity index is 974. The highest BCUT2D eigenvalue weighted by molar-refractivity contribution is 7.80. The summed E-state index contributed by atoms with van der Waals surface area (Å²) in [7, 11) is 0. The third kappa shape index (κ3) is 6.36. The van der Waals surface area contributed by atoms with Crippen molar-refractivity contribution < 1.29 is 13.6 Å². The van der Waals surface area contributed by atoms with E-state index in [-0.39, 0.29) is 17.5 Å². The van der Waals surface area contributed by atoms with Gasteiger partial charge in [-0.1, -0.05) is 12.1 Å². The van der Waals surface area contributed by atoms with Crippen molar-refractivity contribution in [3.63, 3.8) is 0 Å². The smallest absolute Gasteiger partial charge is 0.255 e. The number of carbonyl (C=O) groups excluding carboxylic acids is 1. The Balaban J connectivity index is 1.45. The average molecular weight is 411 g/mol. The van der Waals surface area contributed by atoms with E-state index in [0.717, 1.165) is 17.7 Å². The van der Waals surface area contributed by atoms with Crippen LogP contribution < -0.4 is 16.0 Å². The predicted octanol–water partition coefficient (Wildman–Crippen LogP) is 4.75. The summed E-state index contributed by atoms with van der Waals surface area (Å²) in [5, 5.41) is 9.37. The number of halogens is 2. The molecule has 3 rings (SSSR count). The zero-order valence-electron chi connectivity index (χ0n) is 15.4. The number of amides is 1. The molecule has 3 aromatic rings. The number of hydrogen-bond donors (Lipinski definition) is 3. The van der Waals surface area contributed by atoms with Crippen LogP contribution in [0.15, 0.2) is 72.8 Å². The highest BCUT2D eigenvalue weighted by Crippen LogP contribution is 2.15. The predicted molar refractivity (Wildman–Crippen MR) is 115 cm³/mol.